The molecule has 0 amide bonds. The number of nitro benzene ring substituents is 1. The number of non-ortho nitro benzene ring substituents is 1. The maximum Gasteiger partial charge on any atom is 0.269 e. The molecule has 3 nitrogen and oxygen atoms in total. The van der Waals surface area contributed by atoms with Gasteiger partial charge in [-0.05, 0) is 28.8 Å². The number of benzene rings is 2. The number of rotatable bonds is 4. The van der Waals surface area contributed by atoms with Crippen molar-refractivity contribution in [2.45, 2.75) is 0 Å². The molecular weight excluding hydrogens is 238 g/mol. The monoisotopic (exact) mass is 251 g/mol. The van der Waals surface area contributed by atoms with Crippen LogP contribution in [0.4, 0.5) is 5.69 Å². The summed E-state index contributed by atoms with van der Waals surface area (Å²) in [5.74, 6) is 0. The summed E-state index contributed by atoms with van der Waals surface area (Å²) in [4.78, 5) is 10.3. The molecule has 3 heteroatoms. The van der Waals surface area contributed by atoms with E-state index in [0.717, 1.165) is 16.7 Å². The lowest BCUT2D eigenvalue weighted by molar-refractivity contribution is -0.384. The van der Waals surface area contributed by atoms with Gasteiger partial charge in [0.25, 0.3) is 5.69 Å². The number of nitro groups is 1. The Bertz CT molecular complexity index is 613. The second kappa shape index (κ2) is 5.78. The minimum absolute atomic E-state index is 0.0924. The Kier molecular flexibility index (Phi) is 3.88. The highest BCUT2D eigenvalue weighted by Gasteiger charge is 2.07. The summed E-state index contributed by atoms with van der Waals surface area (Å²) in [6.45, 7) is 3.71. The standard InChI is InChI=1S/C16H13NO2/c1-2-6-16(13-7-4-3-5-8-13)14-9-11-15(12-10-14)17(18)19/h2-12H,1H2/b16-6+. The zero-order valence-electron chi connectivity index (χ0n) is 10.3. The van der Waals surface area contributed by atoms with Crippen molar-refractivity contribution in [3.63, 3.8) is 0 Å². The fourth-order valence-corrected chi connectivity index (χ4v) is 1.86. The van der Waals surface area contributed by atoms with E-state index < -0.39 is 4.92 Å². The highest BCUT2D eigenvalue weighted by molar-refractivity contribution is 5.81. The molecular formula is C16H13NO2. The second-order valence-electron chi connectivity index (χ2n) is 3.99. The van der Waals surface area contributed by atoms with Crippen LogP contribution in [0, 0.1) is 10.1 Å². The third-order valence-electron chi connectivity index (χ3n) is 2.76. The van der Waals surface area contributed by atoms with E-state index in [-0.39, 0.29) is 5.69 Å². The first kappa shape index (κ1) is 12.8. The van der Waals surface area contributed by atoms with Gasteiger partial charge in [0.15, 0.2) is 0 Å². The predicted molar refractivity (Wildman–Crippen MR) is 76.8 cm³/mol. The smallest absolute Gasteiger partial charge is 0.258 e. The third-order valence-corrected chi connectivity index (χ3v) is 2.76. The van der Waals surface area contributed by atoms with Crippen molar-refractivity contribution in [1.82, 2.24) is 0 Å². The van der Waals surface area contributed by atoms with Gasteiger partial charge in [0.1, 0.15) is 0 Å². The first-order valence-corrected chi connectivity index (χ1v) is 5.85. The average Bonchev–Trinajstić information content (AvgIpc) is 2.46. The van der Waals surface area contributed by atoms with Crippen LogP contribution < -0.4 is 0 Å². The Hall–Kier alpha value is -2.68. The van der Waals surface area contributed by atoms with Gasteiger partial charge in [-0.1, -0.05) is 49.1 Å². The van der Waals surface area contributed by atoms with E-state index in [4.69, 9.17) is 0 Å². The van der Waals surface area contributed by atoms with Crippen molar-refractivity contribution in [1.29, 1.82) is 0 Å². The zero-order chi connectivity index (χ0) is 13.7. The Morgan fingerprint density at radius 3 is 2.11 bits per heavy atom. The second-order valence-corrected chi connectivity index (χ2v) is 3.99. The normalized spacial score (nSPS) is 11.1. The molecule has 0 spiro atoms. The maximum atomic E-state index is 10.7. The summed E-state index contributed by atoms with van der Waals surface area (Å²) in [5, 5.41) is 10.7. The van der Waals surface area contributed by atoms with E-state index in [1.165, 1.54) is 12.1 Å². The van der Waals surface area contributed by atoms with Gasteiger partial charge in [-0.2, -0.15) is 0 Å². The summed E-state index contributed by atoms with van der Waals surface area (Å²) in [5.41, 5.74) is 3.06. The molecule has 94 valence electrons. The third kappa shape index (κ3) is 2.96. The molecule has 0 fully saturated rings. The molecule has 0 saturated carbocycles. The number of nitrogens with zero attached hydrogens (tertiary/aromatic N) is 1. The van der Waals surface area contributed by atoms with Crippen molar-refractivity contribution in [2.75, 3.05) is 0 Å². The molecule has 0 N–H and O–H groups in total. The molecule has 2 rings (SSSR count). The van der Waals surface area contributed by atoms with Gasteiger partial charge >= 0.3 is 0 Å². The van der Waals surface area contributed by atoms with Crippen LogP contribution in [-0.4, -0.2) is 4.92 Å². The Balaban J connectivity index is 2.43. The van der Waals surface area contributed by atoms with Crippen LogP contribution in [0.3, 0.4) is 0 Å². The van der Waals surface area contributed by atoms with Crippen LogP contribution in [0.25, 0.3) is 5.57 Å². The van der Waals surface area contributed by atoms with E-state index in [1.54, 1.807) is 18.2 Å². The summed E-state index contributed by atoms with van der Waals surface area (Å²) in [6, 6.07) is 16.4. The van der Waals surface area contributed by atoms with Crippen molar-refractivity contribution < 1.29 is 4.92 Å². The molecule has 0 heterocycles. The van der Waals surface area contributed by atoms with Crippen molar-refractivity contribution >= 4 is 11.3 Å². The van der Waals surface area contributed by atoms with E-state index in [0.29, 0.717) is 0 Å². The Morgan fingerprint density at radius 2 is 1.58 bits per heavy atom. The largest absolute Gasteiger partial charge is 0.269 e. The predicted octanol–water partition coefficient (Wildman–Crippen LogP) is 4.21. The van der Waals surface area contributed by atoms with Crippen LogP contribution in [0.5, 0.6) is 0 Å². The topological polar surface area (TPSA) is 43.1 Å². The highest BCUT2D eigenvalue weighted by atomic mass is 16.6. The molecule has 0 aliphatic rings. The summed E-state index contributed by atoms with van der Waals surface area (Å²) in [7, 11) is 0. The molecule has 0 radical (unpaired) electrons. The lowest BCUT2D eigenvalue weighted by Gasteiger charge is -2.07. The lowest BCUT2D eigenvalue weighted by atomic mass is 9.97. The van der Waals surface area contributed by atoms with Gasteiger partial charge in [0.05, 0.1) is 4.92 Å². The van der Waals surface area contributed by atoms with E-state index in [1.807, 2.05) is 36.4 Å². The quantitative estimate of drug-likeness (QED) is 0.464. The SMILES string of the molecule is C=C/C=C(\c1ccccc1)c1ccc([N+](=O)[O-])cc1. The number of hydrogen-bond acceptors (Lipinski definition) is 2. The van der Waals surface area contributed by atoms with E-state index in [2.05, 4.69) is 6.58 Å². The van der Waals surface area contributed by atoms with Crippen molar-refractivity contribution in [3.05, 3.63) is 94.6 Å². The molecule has 0 aliphatic heterocycles. The first-order chi connectivity index (χ1) is 9.22. The number of allylic oxidation sites excluding steroid dienone is 2. The molecule has 2 aromatic rings. The summed E-state index contributed by atoms with van der Waals surface area (Å²) < 4.78 is 0. The first-order valence-electron chi connectivity index (χ1n) is 5.85. The number of hydrogen-bond donors (Lipinski definition) is 0. The van der Waals surface area contributed by atoms with Crippen LogP contribution >= 0.6 is 0 Å². The zero-order valence-corrected chi connectivity index (χ0v) is 10.3. The fourth-order valence-electron chi connectivity index (χ4n) is 1.86. The molecule has 0 atom stereocenters. The van der Waals surface area contributed by atoms with Gasteiger partial charge in [0, 0.05) is 12.1 Å². The van der Waals surface area contributed by atoms with Crippen LogP contribution in [-0.2, 0) is 0 Å². The highest BCUT2D eigenvalue weighted by Crippen LogP contribution is 2.25. The summed E-state index contributed by atoms with van der Waals surface area (Å²) in [6.07, 6.45) is 3.61. The summed E-state index contributed by atoms with van der Waals surface area (Å²) >= 11 is 0. The van der Waals surface area contributed by atoms with Gasteiger partial charge in [-0.15, -0.1) is 0 Å². The van der Waals surface area contributed by atoms with Gasteiger partial charge in [-0.25, -0.2) is 0 Å². The molecule has 0 aliphatic carbocycles. The van der Waals surface area contributed by atoms with Crippen molar-refractivity contribution in [2.24, 2.45) is 0 Å². The Labute approximate surface area is 111 Å². The molecule has 0 bridgehead atoms. The van der Waals surface area contributed by atoms with Crippen molar-refractivity contribution in [3.8, 4) is 0 Å². The Morgan fingerprint density at radius 1 is 1.00 bits per heavy atom. The minimum atomic E-state index is -0.400. The van der Waals surface area contributed by atoms with Crippen LogP contribution in [0.1, 0.15) is 11.1 Å². The molecule has 0 unspecified atom stereocenters. The van der Waals surface area contributed by atoms with Gasteiger partial charge in [-0.3, -0.25) is 10.1 Å². The maximum absolute atomic E-state index is 10.7. The lowest BCUT2D eigenvalue weighted by Crippen LogP contribution is -1.90. The van der Waals surface area contributed by atoms with E-state index in [9.17, 15) is 10.1 Å². The van der Waals surface area contributed by atoms with E-state index >= 15 is 0 Å². The molecule has 2 aromatic carbocycles. The van der Waals surface area contributed by atoms with Gasteiger partial charge < -0.3 is 0 Å². The fraction of sp³-hybridized carbons (Fsp3) is 0. The molecule has 0 saturated heterocycles. The van der Waals surface area contributed by atoms with Crippen LogP contribution in [0.15, 0.2) is 73.3 Å². The molecule has 19 heavy (non-hydrogen) atoms. The minimum Gasteiger partial charge on any atom is -0.258 e. The average molecular weight is 251 g/mol. The van der Waals surface area contributed by atoms with Crippen LogP contribution in [0.2, 0.25) is 0 Å². The van der Waals surface area contributed by atoms with Gasteiger partial charge in [0.2, 0.25) is 0 Å². The molecule has 0 aromatic heterocycles.